The summed E-state index contributed by atoms with van der Waals surface area (Å²) in [6.45, 7) is 1.71. The lowest BCUT2D eigenvalue weighted by molar-refractivity contribution is 0.416. The van der Waals surface area contributed by atoms with Crippen LogP contribution in [0, 0.1) is 6.92 Å². The molecule has 0 aliphatic rings. The molecule has 0 atom stereocenters. The van der Waals surface area contributed by atoms with E-state index in [1.807, 2.05) is 30.3 Å². The van der Waals surface area contributed by atoms with Crippen LogP contribution >= 0.6 is 10.7 Å². The lowest BCUT2D eigenvalue weighted by atomic mass is 10.0. The molecule has 0 aliphatic carbocycles. The van der Waals surface area contributed by atoms with Gasteiger partial charge in [-0.15, -0.1) is 0 Å². The van der Waals surface area contributed by atoms with Crippen molar-refractivity contribution in [1.29, 1.82) is 0 Å². The molecular weight excluding hydrogens is 284 g/mol. The van der Waals surface area contributed by atoms with Crippen LogP contribution in [-0.2, 0) is 9.05 Å². The van der Waals surface area contributed by atoms with Crippen LogP contribution in [0.15, 0.2) is 47.4 Å². The second kappa shape index (κ2) is 5.23. The minimum atomic E-state index is -3.75. The largest absolute Gasteiger partial charge is 0.496 e. The smallest absolute Gasteiger partial charge is 0.261 e. The molecule has 0 amide bonds. The Morgan fingerprint density at radius 1 is 1.11 bits per heavy atom. The van der Waals surface area contributed by atoms with Gasteiger partial charge in [-0.05, 0) is 30.2 Å². The molecule has 0 heterocycles. The predicted molar refractivity (Wildman–Crippen MR) is 76.2 cm³/mol. The molecule has 0 spiro atoms. The molecule has 2 aromatic carbocycles. The zero-order valence-corrected chi connectivity index (χ0v) is 12.1. The SMILES string of the molecule is COc1ccccc1-c1ccc(C)c(S(=O)(=O)Cl)c1. The number of hydrogen-bond acceptors (Lipinski definition) is 3. The molecule has 0 unspecified atom stereocenters. The first-order chi connectivity index (χ1) is 8.93. The summed E-state index contributed by atoms with van der Waals surface area (Å²) in [7, 11) is 3.26. The van der Waals surface area contributed by atoms with E-state index in [0.717, 1.165) is 11.1 Å². The van der Waals surface area contributed by atoms with Crippen LogP contribution < -0.4 is 4.74 Å². The fourth-order valence-electron chi connectivity index (χ4n) is 1.91. The summed E-state index contributed by atoms with van der Waals surface area (Å²) in [6, 6.07) is 12.6. The maximum Gasteiger partial charge on any atom is 0.261 e. The van der Waals surface area contributed by atoms with Crippen LogP contribution in [0.4, 0.5) is 0 Å². The Morgan fingerprint density at radius 2 is 1.79 bits per heavy atom. The number of rotatable bonds is 3. The lowest BCUT2D eigenvalue weighted by Gasteiger charge is -2.10. The Labute approximate surface area is 117 Å². The maximum absolute atomic E-state index is 11.5. The number of aryl methyl sites for hydroxylation is 1. The van der Waals surface area contributed by atoms with E-state index in [4.69, 9.17) is 15.4 Å². The zero-order chi connectivity index (χ0) is 14.0. The molecule has 0 N–H and O–H groups in total. The molecule has 2 rings (SSSR count). The van der Waals surface area contributed by atoms with Crippen molar-refractivity contribution >= 4 is 19.7 Å². The Bertz CT molecular complexity index is 708. The van der Waals surface area contributed by atoms with Gasteiger partial charge in [0, 0.05) is 16.2 Å². The van der Waals surface area contributed by atoms with E-state index in [2.05, 4.69) is 0 Å². The first kappa shape index (κ1) is 13.9. The van der Waals surface area contributed by atoms with Crippen LogP contribution in [0.2, 0.25) is 0 Å². The fourth-order valence-corrected chi connectivity index (χ4v) is 3.13. The molecule has 0 bridgehead atoms. The normalized spacial score (nSPS) is 11.3. The summed E-state index contributed by atoms with van der Waals surface area (Å²) < 4.78 is 28.3. The Morgan fingerprint density at radius 3 is 2.42 bits per heavy atom. The molecule has 0 fully saturated rings. The molecule has 5 heteroatoms. The molecule has 3 nitrogen and oxygen atoms in total. The first-order valence-corrected chi connectivity index (χ1v) is 7.93. The van der Waals surface area contributed by atoms with Crippen molar-refractivity contribution < 1.29 is 13.2 Å². The monoisotopic (exact) mass is 296 g/mol. The Hall–Kier alpha value is -1.52. The second-order valence-corrected chi connectivity index (χ2v) is 6.65. The molecule has 0 saturated heterocycles. The van der Waals surface area contributed by atoms with E-state index in [-0.39, 0.29) is 4.90 Å². The van der Waals surface area contributed by atoms with Gasteiger partial charge >= 0.3 is 0 Å². The van der Waals surface area contributed by atoms with Gasteiger partial charge in [0.1, 0.15) is 5.75 Å². The maximum atomic E-state index is 11.5. The van der Waals surface area contributed by atoms with Gasteiger partial charge in [0.25, 0.3) is 9.05 Å². The molecule has 0 radical (unpaired) electrons. The van der Waals surface area contributed by atoms with Crippen LogP contribution in [0.3, 0.4) is 0 Å². The van der Waals surface area contributed by atoms with Crippen molar-refractivity contribution in [2.24, 2.45) is 0 Å². The summed E-state index contributed by atoms with van der Waals surface area (Å²) in [6.07, 6.45) is 0. The van der Waals surface area contributed by atoms with Crippen molar-refractivity contribution in [3.63, 3.8) is 0 Å². The number of para-hydroxylation sites is 1. The summed E-state index contributed by atoms with van der Waals surface area (Å²) in [5.74, 6) is 0.685. The van der Waals surface area contributed by atoms with Gasteiger partial charge in [-0.25, -0.2) is 8.42 Å². The molecule has 19 heavy (non-hydrogen) atoms. The van der Waals surface area contributed by atoms with Crippen molar-refractivity contribution in [3.8, 4) is 16.9 Å². The predicted octanol–water partition coefficient (Wildman–Crippen LogP) is 3.60. The van der Waals surface area contributed by atoms with Gasteiger partial charge in [0.05, 0.1) is 12.0 Å². The number of halogens is 1. The van der Waals surface area contributed by atoms with Crippen molar-refractivity contribution in [2.45, 2.75) is 11.8 Å². The number of methoxy groups -OCH3 is 1. The molecule has 100 valence electrons. The third-order valence-corrected chi connectivity index (χ3v) is 4.33. The van der Waals surface area contributed by atoms with Crippen LogP contribution in [0.5, 0.6) is 5.75 Å². The van der Waals surface area contributed by atoms with Crippen molar-refractivity contribution in [2.75, 3.05) is 7.11 Å². The Kier molecular flexibility index (Phi) is 3.83. The highest BCUT2D eigenvalue weighted by atomic mass is 35.7. The van der Waals surface area contributed by atoms with Gasteiger partial charge in [-0.1, -0.05) is 30.3 Å². The molecule has 0 saturated carbocycles. The van der Waals surface area contributed by atoms with Crippen LogP contribution in [0.1, 0.15) is 5.56 Å². The third-order valence-electron chi connectivity index (χ3n) is 2.87. The summed E-state index contributed by atoms with van der Waals surface area (Å²) in [4.78, 5) is 0.123. The summed E-state index contributed by atoms with van der Waals surface area (Å²) in [5, 5.41) is 0. The fraction of sp³-hybridized carbons (Fsp3) is 0.143. The van der Waals surface area contributed by atoms with E-state index < -0.39 is 9.05 Å². The minimum Gasteiger partial charge on any atom is -0.496 e. The van der Waals surface area contributed by atoms with Crippen molar-refractivity contribution in [3.05, 3.63) is 48.0 Å². The molecule has 2 aromatic rings. The van der Waals surface area contributed by atoms with Gasteiger partial charge in [0.2, 0.25) is 0 Å². The van der Waals surface area contributed by atoms with E-state index in [0.29, 0.717) is 11.3 Å². The van der Waals surface area contributed by atoms with Crippen molar-refractivity contribution in [1.82, 2.24) is 0 Å². The zero-order valence-electron chi connectivity index (χ0n) is 10.6. The minimum absolute atomic E-state index is 0.123. The van der Waals surface area contributed by atoms with Gasteiger partial charge < -0.3 is 4.74 Å². The third kappa shape index (κ3) is 2.91. The van der Waals surface area contributed by atoms with Gasteiger partial charge in [-0.2, -0.15) is 0 Å². The van der Waals surface area contributed by atoms with Gasteiger partial charge in [-0.3, -0.25) is 0 Å². The quantitative estimate of drug-likeness (QED) is 0.813. The average Bonchev–Trinajstić information content (AvgIpc) is 2.38. The highest BCUT2D eigenvalue weighted by Crippen LogP contribution is 2.32. The standard InChI is InChI=1S/C14H13ClO3S/c1-10-7-8-11(9-14(10)19(15,16)17)12-5-3-4-6-13(12)18-2/h3-9H,1-2H3. The lowest BCUT2D eigenvalue weighted by Crippen LogP contribution is -1.96. The first-order valence-electron chi connectivity index (χ1n) is 5.62. The highest BCUT2D eigenvalue weighted by Gasteiger charge is 2.15. The molecular formula is C14H13ClO3S. The summed E-state index contributed by atoms with van der Waals surface area (Å²) in [5.41, 5.74) is 2.20. The average molecular weight is 297 g/mol. The number of hydrogen-bond donors (Lipinski definition) is 0. The van der Waals surface area contributed by atoms with Crippen LogP contribution in [0.25, 0.3) is 11.1 Å². The number of benzene rings is 2. The molecule has 0 aromatic heterocycles. The van der Waals surface area contributed by atoms with E-state index in [9.17, 15) is 8.42 Å². The van der Waals surface area contributed by atoms with E-state index >= 15 is 0 Å². The van der Waals surface area contributed by atoms with E-state index in [1.165, 1.54) is 0 Å². The van der Waals surface area contributed by atoms with Gasteiger partial charge in [0.15, 0.2) is 0 Å². The Balaban J connectivity index is 2.65. The van der Waals surface area contributed by atoms with E-state index in [1.54, 1.807) is 26.2 Å². The summed E-state index contributed by atoms with van der Waals surface area (Å²) >= 11 is 0. The second-order valence-electron chi connectivity index (χ2n) is 4.12. The van der Waals surface area contributed by atoms with Crippen LogP contribution in [-0.4, -0.2) is 15.5 Å². The topological polar surface area (TPSA) is 43.4 Å². The molecule has 0 aliphatic heterocycles. The number of ether oxygens (including phenoxy) is 1. The highest BCUT2D eigenvalue weighted by molar-refractivity contribution is 8.13.